The van der Waals surface area contributed by atoms with Crippen LogP contribution in [0.2, 0.25) is 0 Å². The Morgan fingerprint density at radius 3 is 1.76 bits per heavy atom. The van der Waals surface area contributed by atoms with Gasteiger partial charge in [0.15, 0.2) is 0 Å². The molecule has 0 radical (unpaired) electrons. The van der Waals surface area contributed by atoms with Crippen LogP contribution in [-0.2, 0) is 4.74 Å². The van der Waals surface area contributed by atoms with E-state index in [0.717, 1.165) is 0 Å². The van der Waals surface area contributed by atoms with Crippen molar-refractivity contribution in [1.29, 1.82) is 0 Å². The average Bonchev–Trinajstić information content (AvgIpc) is 2.43. The zero-order chi connectivity index (χ0) is 19.8. The van der Waals surface area contributed by atoms with Crippen LogP contribution in [0.3, 0.4) is 0 Å². The number of morpholine rings is 1. The van der Waals surface area contributed by atoms with Gasteiger partial charge in [-0.1, -0.05) is 0 Å². The van der Waals surface area contributed by atoms with Gasteiger partial charge in [-0.25, -0.2) is 26.3 Å². The van der Waals surface area contributed by atoms with Crippen LogP contribution >= 0.6 is 0 Å². The summed E-state index contributed by atoms with van der Waals surface area (Å²) in [5, 5.41) is 0. The van der Waals surface area contributed by atoms with Crippen molar-refractivity contribution >= 4 is 0 Å². The highest BCUT2D eigenvalue weighted by molar-refractivity contribution is 4.98. The molecule has 1 saturated heterocycles. The average molecular weight is 401 g/mol. The largest absolute Gasteiger partial charge is 0.425 e. The Morgan fingerprint density at radius 2 is 1.32 bits per heavy atom. The molecule has 0 aliphatic carbocycles. The van der Waals surface area contributed by atoms with Crippen molar-refractivity contribution in [2.45, 2.75) is 42.6 Å². The highest BCUT2D eigenvalue weighted by atomic mass is 19.4. The monoisotopic (exact) mass is 401 g/mol. The molecule has 0 bridgehead atoms. The molecule has 1 aliphatic rings. The van der Waals surface area contributed by atoms with Gasteiger partial charge >= 0.3 is 18.3 Å². The molecule has 0 aromatic heterocycles. The summed E-state index contributed by atoms with van der Waals surface area (Å²) in [5.74, 6) is -10.5. The summed E-state index contributed by atoms with van der Waals surface area (Å²) >= 11 is 0. The first-order chi connectivity index (χ1) is 11.0. The van der Waals surface area contributed by atoms with Crippen LogP contribution in [0.15, 0.2) is 0 Å². The predicted octanol–water partition coefficient (Wildman–Crippen LogP) is 3.76. The van der Waals surface area contributed by atoms with Crippen LogP contribution in [0.4, 0.5) is 52.7 Å². The second-order valence-corrected chi connectivity index (χ2v) is 5.31. The van der Waals surface area contributed by atoms with Crippen LogP contribution in [0, 0.1) is 0 Å². The fourth-order valence-electron chi connectivity index (χ4n) is 2.16. The topological polar surface area (TPSA) is 12.5 Å². The lowest BCUT2D eigenvalue weighted by molar-refractivity contribution is -0.278. The molecular weight excluding hydrogens is 390 g/mol. The Kier molecular flexibility index (Phi) is 6.20. The summed E-state index contributed by atoms with van der Waals surface area (Å²) in [4.78, 5) is -0.236. The number of hydrogen-bond donors (Lipinski definition) is 0. The normalized spacial score (nSPS) is 24.2. The van der Waals surface area contributed by atoms with E-state index in [2.05, 4.69) is 4.74 Å². The molecule has 14 heteroatoms. The maximum Gasteiger partial charge on any atom is 0.425 e. The zero-order valence-electron chi connectivity index (χ0n) is 12.0. The first kappa shape index (κ1) is 22.1. The summed E-state index contributed by atoms with van der Waals surface area (Å²) in [6.07, 6.45) is -21.6. The van der Waals surface area contributed by atoms with Crippen molar-refractivity contribution in [1.82, 2.24) is 4.90 Å². The summed E-state index contributed by atoms with van der Waals surface area (Å²) in [7, 11) is 0. The number of rotatable bonds is 5. The highest BCUT2D eigenvalue weighted by Gasteiger charge is 2.64. The maximum atomic E-state index is 13.7. The van der Waals surface area contributed by atoms with E-state index in [4.69, 9.17) is 0 Å². The molecule has 150 valence electrons. The molecule has 0 spiro atoms. The Bertz CT molecular complexity index is 447. The third-order valence-corrected chi connectivity index (χ3v) is 3.38. The third kappa shape index (κ3) is 5.05. The van der Waals surface area contributed by atoms with E-state index in [1.165, 1.54) is 0 Å². The smallest absolute Gasteiger partial charge is 0.378 e. The number of hydrogen-bond acceptors (Lipinski definition) is 2. The van der Waals surface area contributed by atoms with Crippen molar-refractivity contribution in [2.24, 2.45) is 0 Å². The molecule has 1 fully saturated rings. The lowest BCUT2D eigenvalue weighted by Gasteiger charge is -2.42. The number of ether oxygens (including phenoxy) is 1. The molecule has 0 saturated carbocycles. The fourth-order valence-corrected chi connectivity index (χ4v) is 2.16. The van der Waals surface area contributed by atoms with Gasteiger partial charge < -0.3 is 4.74 Å². The van der Waals surface area contributed by atoms with Gasteiger partial charge in [-0.15, -0.1) is 0 Å². The van der Waals surface area contributed by atoms with Crippen molar-refractivity contribution in [2.75, 3.05) is 26.3 Å². The van der Waals surface area contributed by atoms with Gasteiger partial charge in [0, 0.05) is 6.54 Å². The minimum absolute atomic E-state index is 0.236. The van der Waals surface area contributed by atoms with Crippen molar-refractivity contribution < 1.29 is 57.4 Å². The van der Waals surface area contributed by atoms with Gasteiger partial charge in [-0.05, 0) is 0 Å². The third-order valence-electron chi connectivity index (χ3n) is 3.38. The molecule has 1 rings (SSSR count). The second kappa shape index (κ2) is 7.00. The van der Waals surface area contributed by atoms with Crippen LogP contribution in [0.1, 0.15) is 0 Å². The first-order valence-electron chi connectivity index (χ1n) is 6.50. The number of nitrogens with zero attached hydrogens (tertiary/aromatic N) is 1. The summed E-state index contributed by atoms with van der Waals surface area (Å²) in [6, 6.07) is -2.95. The van der Waals surface area contributed by atoms with Gasteiger partial charge in [-0.2, -0.15) is 26.3 Å². The molecule has 0 N–H and O–H groups in total. The maximum absolute atomic E-state index is 13.7. The fraction of sp³-hybridized carbons (Fsp3) is 1.00. The standard InChI is InChI=1S/C11H11F12NO/c12-6(10(18,19)20)8(14,15)4-24-1-2-25-3-5(24)9(16,17)7(13)11(21,22)23/h5-7H,1-4H2. The number of alkyl halides is 12. The van der Waals surface area contributed by atoms with E-state index < -0.39 is 68.9 Å². The molecule has 2 nitrogen and oxygen atoms in total. The van der Waals surface area contributed by atoms with E-state index in [0.29, 0.717) is 0 Å². The molecule has 25 heavy (non-hydrogen) atoms. The lowest BCUT2D eigenvalue weighted by atomic mass is 10.0. The van der Waals surface area contributed by atoms with Crippen LogP contribution in [-0.4, -0.2) is 73.8 Å². The molecule has 3 atom stereocenters. The lowest BCUT2D eigenvalue weighted by Crippen LogP contribution is -2.63. The van der Waals surface area contributed by atoms with E-state index in [1.807, 2.05) is 0 Å². The second-order valence-electron chi connectivity index (χ2n) is 5.31. The number of halogens is 12. The van der Waals surface area contributed by atoms with Crippen LogP contribution in [0.5, 0.6) is 0 Å². The molecule has 0 amide bonds. The Labute approximate surface area is 132 Å². The van der Waals surface area contributed by atoms with Crippen LogP contribution in [0.25, 0.3) is 0 Å². The molecule has 3 unspecified atom stereocenters. The van der Waals surface area contributed by atoms with Crippen molar-refractivity contribution in [3.8, 4) is 0 Å². The van der Waals surface area contributed by atoms with Crippen molar-refractivity contribution in [3.63, 3.8) is 0 Å². The minimum atomic E-state index is -6.05. The molecule has 1 heterocycles. The van der Waals surface area contributed by atoms with Gasteiger partial charge in [0.1, 0.15) is 6.04 Å². The van der Waals surface area contributed by atoms with Gasteiger partial charge in [0.05, 0.1) is 19.8 Å². The molecule has 1 aliphatic heterocycles. The SMILES string of the molecule is FC(C(F)(F)F)C(F)(F)CN1CCOCC1C(F)(F)C(F)C(F)(F)F. The Hall–Kier alpha value is -0.920. The first-order valence-corrected chi connectivity index (χ1v) is 6.50. The molecule has 0 aromatic carbocycles. The van der Waals surface area contributed by atoms with E-state index in [-0.39, 0.29) is 4.90 Å². The Balaban J connectivity index is 3.04. The van der Waals surface area contributed by atoms with E-state index in [9.17, 15) is 52.7 Å². The highest BCUT2D eigenvalue weighted by Crippen LogP contribution is 2.41. The summed E-state index contributed by atoms with van der Waals surface area (Å²) in [5.41, 5.74) is 0. The predicted molar refractivity (Wildman–Crippen MR) is 58.0 cm³/mol. The van der Waals surface area contributed by atoms with Gasteiger partial charge in [0.25, 0.3) is 18.3 Å². The van der Waals surface area contributed by atoms with Gasteiger partial charge in [-0.3, -0.25) is 4.90 Å². The van der Waals surface area contributed by atoms with E-state index >= 15 is 0 Å². The molecular formula is C11H11F12NO. The van der Waals surface area contributed by atoms with Crippen molar-refractivity contribution in [3.05, 3.63) is 0 Å². The van der Waals surface area contributed by atoms with Gasteiger partial charge in [0.2, 0.25) is 0 Å². The minimum Gasteiger partial charge on any atom is -0.378 e. The Morgan fingerprint density at radius 1 is 0.840 bits per heavy atom. The summed E-state index contributed by atoms with van der Waals surface area (Å²) < 4.78 is 157. The zero-order valence-corrected chi connectivity index (χ0v) is 12.0. The quantitative estimate of drug-likeness (QED) is 0.651. The molecule has 0 aromatic rings. The van der Waals surface area contributed by atoms with E-state index in [1.54, 1.807) is 0 Å². The van der Waals surface area contributed by atoms with Crippen LogP contribution < -0.4 is 0 Å². The summed E-state index contributed by atoms with van der Waals surface area (Å²) in [6.45, 7) is -5.22.